The van der Waals surface area contributed by atoms with Crippen LogP contribution in [0.5, 0.6) is 0 Å². The first-order chi connectivity index (χ1) is 6.61. The molecule has 0 aliphatic carbocycles. The molecule has 0 unspecified atom stereocenters. The van der Waals surface area contributed by atoms with Crippen LogP contribution in [0.25, 0.3) is 0 Å². The highest BCUT2D eigenvalue weighted by molar-refractivity contribution is 14.1. The second-order valence-electron chi connectivity index (χ2n) is 2.43. The smallest absolute Gasteiger partial charge is 0.338 e. The zero-order valence-corrected chi connectivity index (χ0v) is 10.3. The summed E-state index contributed by atoms with van der Waals surface area (Å²) in [4.78, 5) is 11.8. The number of carbonyl (C=O) groups is 1. The molecule has 0 heterocycles. The largest absolute Gasteiger partial charge is 0.465 e. The number of thiol groups is 1. The Balaban J connectivity index is 3.33. The molecular formula is C9H6INO2S. The Morgan fingerprint density at radius 2 is 2.29 bits per heavy atom. The summed E-state index contributed by atoms with van der Waals surface area (Å²) in [5, 5.41) is 8.71. The first kappa shape index (κ1) is 11.3. The molecule has 0 aliphatic heterocycles. The number of rotatable bonds is 1. The van der Waals surface area contributed by atoms with E-state index in [2.05, 4.69) is 17.4 Å². The number of methoxy groups -OCH3 is 1. The predicted octanol–water partition coefficient (Wildman–Crippen LogP) is 2.24. The van der Waals surface area contributed by atoms with Crippen molar-refractivity contribution in [3.63, 3.8) is 0 Å². The van der Waals surface area contributed by atoms with Crippen molar-refractivity contribution < 1.29 is 9.53 Å². The maximum Gasteiger partial charge on any atom is 0.338 e. The van der Waals surface area contributed by atoms with Crippen LogP contribution in [0.3, 0.4) is 0 Å². The Labute approximate surface area is 101 Å². The Morgan fingerprint density at radius 1 is 1.64 bits per heavy atom. The molecule has 5 heteroatoms. The van der Waals surface area contributed by atoms with E-state index in [-0.39, 0.29) is 0 Å². The highest BCUT2D eigenvalue weighted by Crippen LogP contribution is 2.24. The van der Waals surface area contributed by atoms with E-state index in [9.17, 15) is 4.79 Å². The molecule has 0 saturated heterocycles. The lowest BCUT2D eigenvalue weighted by Crippen LogP contribution is -2.04. The van der Waals surface area contributed by atoms with Crippen molar-refractivity contribution in [2.45, 2.75) is 4.90 Å². The van der Waals surface area contributed by atoms with Crippen LogP contribution >= 0.6 is 35.2 Å². The Morgan fingerprint density at radius 3 is 2.79 bits per heavy atom. The van der Waals surface area contributed by atoms with Gasteiger partial charge in [-0.1, -0.05) is 0 Å². The molecule has 0 saturated carbocycles. The molecule has 0 fully saturated rings. The number of nitriles is 1. The molecule has 0 amide bonds. The normalized spacial score (nSPS) is 9.29. The van der Waals surface area contributed by atoms with Crippen LogP contribution in [0.4, 0.5) is 0 Å². The lowest BCUT2D eigenvalue weighted by Gasteiger charge is -2.05. The molecule has 0 spiro atoms. The topological polar surface area (TPSA) is 50.1 Å². The van der Waals surface area contributed by atoms with Gasteiger partial charge < -0.3 is 4.74 Å². The summed E-state index contributed by atoms with van der Waals surface area (Å²) < 4.78 is 5.22. The molecule has 1 rings (SSSR count). The molecular weight excluding hydrogens is 313 g/mol. The van der Waals surface area contributed by atoms with Crippen LogP contribution in [0, 0.1) is 14.9 Å². The van der Waals surface area contributed by atoms with Gasteiger partial charge in [0.25, 0.3) is 0 Å². The zero-order valence-electron chi connectivity index (χ0n) is 7.24. The van der Waals surface area contributed by atoms with Crippen molar-refractivity contribution in [3.8, 4) is 6.07 Å². The van der Waals surface area contributed by atoms with E-state index in [1.54, 1.807) is 12.1 Å². The number of halogens is 1. The van der Waals surface area contributed by atoms with Gasteiger partial charge in [0.15, 0.2) is 0 Å². The van der Waals surface area contributed by atoms with Gasteiger partial charge in [-0.15, -0.1) is 12.6 Å². The van der Waals surface area contributed by atoms with Crippen LogP contribution in [-0.2, 0) is 4.74 Å². The Hall–Kier alpha value is -0.740. The van der Waals surface area contributed by atoms with Crippen LogP contribution in [0.1, 0.15) is 15.9 Å². The average molecular weight is 319 g/mol. The Bertz CT molecular complexity index is 426. The zero-order chi connectivity index (χ0) is 10.7. The lowest BCUT2D eigenvalue weighted by atomic mass is 10.1. The summed E-state index contributed by atoms with van der Waals surface area (Å²) in [6, 6.07) is 5.10. The summed E-state index contributed by atoms with van der Waals surface area (Å²) in [5.74, 6) is -0.422. The van der Waals surface area contributed by atoms with Gasteiger partial charge in [0, 0.05) is 8.47 Å². The van der Waals surface area contributed by atoms with Gasteiger partial charge in [0.05, 0.1) is 18.2 Å². The van der Waals surface area contributed by atoms with E-state index in [1.165, 1.54) is 7.11 Å². The molecule has 0 bridgehead atoms. The second-order valence-corrected chi connectivity index (χ2v) is 3.95. The van der Waals surface area contributed by atoms with Gasteiger partial charge in [-0.25, -0.2) is 4.79 Å². The Kier molecular flexibility index (Phi) is 3.77. The number of benzene rings is 1. The number of hydrogen-bond donors (Lipinski definition) is 1. The van der Waals surface area contributed by atoms with Crippen molar-refractivity contribution in [2.24, 2.45) is 0 Å². The van der Waals surface area contributed by atoms with Gasteiger partial charge in [-0.3, -0.25) is 0 Å². The summed E-state index contributed by atoms with van der Waals surface area (Å²) in [7, 11) is 1.31. The van der Waals surface area contributed by atoms with E-state index >= 15 is 0 Å². The quantitative estimate of drug-likeness (QED) is 0.491. The minimum Gasteiger partial charge on any atom is -0.465 e. The third-order valence-electron chi connectivity index (χ3n) is 1.64. The van der Waals surface area contributed by atoms with Crippen molar-refractivity contribution >= 4 is 41.2 Å². The summed E-state index contributed by atoms with van der Waals surface area (Å²) in [5.41, 5.74) is 0.877. The van der Waals surface area contributed by atoms with E-state index in [0.29, 0.717) is 19.6 Å². The van der Waals surface area contributed by atoms with Gasteiger partial charge in [0.1, 0.15) is 6.07 Å². The highest BCUT2D eigenvalue weighted by atomic mass is 127. The number of hydrogen-bond acceptors (Lipinski definition) is 4. The monoisotopic (exact) mass is 319 g/mol. The predicted molar refractivity (Wildman–Crippen MR) is 62.5 cm³/mol. The average Bonchev–Trinajstić information content (AvgIpc) is 2.21. The van der Waals surface area contributed by atoms with Crippen molar-refractivity contribution in [1.29, 1.82) is 5.26 Å². The third-order valence-corrected chi connectivity index (χ3v) is 3.65. The first-order valence-electron chi connectivity index (χ1n) is 3.61. The van der Waals surface area contributed by atoms with E-state index in [1.807, 2.05) is 28.7 Å². The molecule has 72 valence electrons. The van der Waals surface area contributed by atoms with Crippen molar-refractivity contribution in [1.82, 2.24) is 0 Å². The fourth-order valence-electron chi connectivity index (χ4n) is 0.922. The van der Waals surface area contributed by atoms with Crippen LogP contribution in [0.2, 0.25) is 0 Å². The minimum absolute atomic E-state index is 0.422. The molecule has 0 aromatic heterocycles. The minimum atomic E-state index is -0.422. The molecule has 3 nitrogen and oxygen atoms in total. The van der Waals surface area contributed by atoms with Crippen LogP contribution < -0.4 is 0 Å². The number of ether oxygens (including phenoxy) is 1. The van der Waals surface area contributed by atoms with Gasteiger partial charge in [-0.2, -0.15) is 5.26 Å². The molecule has 0 atom stereocenters. The van der Waals surface area contributed by atoms with E-state index in [4.69, 9.17) is 5.26 Å². The second kappa shape index (κ2) is 4.66. The fraction of sp³-hybridized carbons (Fsp3) is 0.111. The summed E-state index contributed by atoms with van der Waals surface area (Å²) in [6.45, 7) is 0. The maximum atomic E-state index is 11.2. The summed E-state index contributed by atoms with van der Waals surface area (Å²) in [6.07, 6.45) is 0. The maximum absolute atomic E-state index is 11.2. The first-order valence-corrected chi connectivity index (χ1v) is 5.14. The molecule has 0 aliphatic rings. The van der Waals surface area contributed by atoms with E-state index in [0.717, 1.165) is 0 Å². The number of carbonyl (C=O) groups excluding carboxylic acids is 1. The molecule has 14 heavy (non-hydrogen) atoms. The van der Waals surface area contributed by atoms with Gasteiger partial charge in [0.2, 0.25) is 0 Å². The van der Waals surface area contributed by atoms with E-state index < -0.39 is 5.97 Å². The SMILES string of the molecule is COC(=O)c1ccc(C#N)c(S)c1I. The summed E-state index contributed by atoms with van der Waals surface area (Å²) >= 11 is 6.12. The van der Waals surface area contributed by atoms with Gasteiger partial charge >= 0.3 is 5.97 Å². The van der Waals surface area contributed by atoms with Gasteiger partial charge in [-0.05, 0) is 34.7 Å². The number of nitrogens with zero attached hydrogens (tertiary/aromatic N) is 1. The molecule has 0 radical (unpaired) electrons. The highest BCUT2D eigenvalue weighted by Gasteiger charge is 2.14. The third kappa shape index (κ3) is 2.01. The van der Waals surface area contributed by atoms with Crippen LogP contribution in [-0.4, -0.2) is 13.1 Å². The fourth-order valence-corrected chi connectivity index (χ4v) is 1.86. The van der Waals surface area contributed by atoms with Crippen LogP contribution in [0.15, 0.2) is 17.0 Å². The molecule has 1 aromatic rings. The molecule has 1 aromatic carbocycles. The van der Waals surface area contributed by atoms with Crippen molar-refractivity contribution in [3.05, 3.63) is 26.8 Å². The molecule has 0 N–H and O–H groups in total. The standard InChI is InChI=1S/C9H6INO2S/c1-13-9(12)6-3-2-5(4-11)8(14)7(6)10/h2-3,14H,1H3. The lowest BCUT2D eigenvalue weighted by molar-refractivity contribution is 0.0599. The van der Waals surface area contributed by atoms with Crippen molar-refractivity contribution in [2.75, 3.05) is 7.11 Å². The number of esters is 1.